The topological polar surface area (TPSA) is 58.6 Å². The molecule has 2 aromatic carbocycles. The van der Waals surface area contributed by atoms with Crippen molar-refractivity contribution in [2.24, 2.45) is 0 Å². The van der Waals surface area contributed by atoms with Gasteiger partial charge >= 0.3 is 0 Å². The van der Waals surface area contributed by atoms with Crippen molar-refractivity contribution >= 4 is 5.91 Å². The maximum atomic E-state index is 12.5. The Morgan fingerprint density at radius 3 is 2.43 bits per heavy atom. The lowest BCUT2D eigenvalue weighted by Crippen LogP contribution is -2.40. The highest BCUT2D eigenvalue weighted by atomic mass is 16.5. The van der Waals surface area contributed by atoms with Crippen LogP contribution in [0, 0.1) is 0 Å². The lowest BCUT2D eigenvalue weighted by Gasteiger charge is -2.22. The summed E-state index contributed by atoms with van der Waals surface area (Å²) in [4.78, 5) is 12.5. The largest absolute Gasteiger partial charge is 0.457 e. The van der Waals surface area contributed by atoms with Crippen LogP contribution in [0.15, 0.2) is 54.6 Å². The highest BCUT2D eigenvalue weighted by Crippen LogP contribution is 2.29. The second-order valence-electron chi connectivity index (χ2n) is 6.03. The fourth-order valence-corrected chi connectivity index (χ4v) is 2.91. The van der Waals surface area contributed by atoms with Crippen molar-refractivity contribution in [2.75, 3.05) is 6.54 Å². The number of nitrogens with one attached hydrogen (secondary N) is 1. The van der Waals surface area contributed by atoms with E-state index in [4.69, 9.17) is 4.74 Å². The number of hydrogen-bond donors (Lipinski definition) is 2. The molecule has 1 saturated carbocycles. The number of carbonyl (C=O) groups is 1. The Morgan fingerprint density at radius 1 is 1.04 bits per heavy atom. The zero-order chi connectivity index (χ0) is 16.1. The molecule has 0 spiro atoms. The van der Waals surface area contributed by atoms with Gasteiger partial charge in [0.15, 0.2) is 0 Å². The van der Waals surface area contributed by atoms with Crippen molar-refractivity contribution in [3.8, 4) is 11.5 Å². The molecule has 0 radical (unpaired) electrons. The highest BCUT2D eigenvalue weighted by Gasteiger charge is 2.31. The number of hydrogen-bond acceptors (Lipinski definition) is 3. The predicted molar refractivity (Wildman–Crippen MR) is 88.7 cm³/mol. The summed E-state index contributed by atoms with van der Waals surface area (Å²) in [5.41, 5.74) is -0.289. The van der Waals surface area contributed by atoms with E-state index in [1.165, 1.54) is 0 Å². The van der Waals surface area contributed by atoms with Crippen molar-refractivity contribution in [3.05, 3.63) is 60.2 Å². The molecule has 0 aromatic heterocycles. The molecule has 2 aromatic rings. The third kappa shape index (κ3) is 3.90. The fourth-order valence-electron chi connectivity index (χ4n) is 2.91. The molecule has 0 atom stereocenters. The van der Waals surface area contributed by atoms with E-state index in [2.05, 4.69) is 5.32 Å². The first-order chi connectivity index (χ1) is 11.2. The van der Waals surface area contributed by atoms with E-state index in [0.29, 0.717) is 17.1 Å². The number of aliphatic hydroxyl groups is 1. The fraction of sp³-hybridized carbons (Fsp3) is 0.316. The Bertz CT molecular complexity index is 663. The molecule has 3 rings (SSSR count). The molecule has 0 aliphatic heterocycles. The molecule has 1 amide bonds. The van der Waals surface area contributed by atoms with Crippen LogP contribution >= 0.6 is 0 Å². The summed E-state index contributed by atoms with van der Waals surface area (Å²) in [7, 11) is 0. The minimum absolute atomic E-state index is 0.225. The Labute approximate surface area is 136 Å². The van der Waals surface area contributed by atoms with Gasteiger partial charge in [-0.25, -0.2) is 0 Å². The van der Waals surface area contributed by atoms with Crippen LogP contribution in [0.4, 0.5) is 0 Å². The lowest BCUT2D eigenvalue weighted by molar-refractivity contribution is 0.0449. The van der Waals surface area contributed by atoms with Crippen molar-refractivity contribution in [1.82, 2.24) is 5.32 Å². The summed E-state index contributed by atoms with van der Waals surface area (Å²) >= 11 is 0. The third-order valence-corrected chi connectivity index (χ3v) is 4.21. The standard InChI is InChI=1S/C19H21NO3/c21-18(20-14-19(22)12-6-7-13-19)16-10-4-5-11-17(16)23-15-8-2-1-3-9-15/h1-5,8-11,22H,6-7,12-14H2,(H,20,21). The van der Waals surface area contributed by atoms with E-state index in [1.807, 2.05) is 36.4 Å². The number of ether oxygens (including phenoxy) is 1. The van der Waals surface area contributed by atoms with Gasteiger partial charge in [0.2, 0.25) is 0 Å². The Hall–Kier alpha value is -2.33. The van der Waals surface area contributed by atoms with E-state index in [0.717, 1.165) is 25.7 Å². The van der Waals surface area contributed by atoms with Crippen LogP contribution in [0.5, 0.6) is 11.5 Å². The molecule has 1 aliphatic rings. The Kier molecular flexibility index (Phi) is 4.63. The SMILES string of the molecule is O=C(NCC1(O)CCCC1)c1ccccc1Oc1ccccc1. The van der Waals surface area contributed by atoms with Gasteiger partial charge in [-0.2, -0.15) is 0 Å². The number of carbonyl (C=O) groups excluding carboxylic acids is 1. The van der Waals surface area contributed by atoms with E-state index in [9.17, 15) is 9.90 Å². The Morgan fingerprint density at radius 2 is 1.70 bits per heavy atom. The minimum atomic E-state index is -0.759. The number of amides is 1. The van der Waals surface area contributed by atoms with E-state index in [1.54, 1.807) is 18.2 Å². The van der Waals surface area contributed by atoms with Gasteiger partial charge in [-0.3, -0.25) is 4.79 Å². The summed E-state index contributed by atoms with van der Waals surface area (Å²) in [6.07, 6.45) is 3.52. The molecule has 0 bridgehead atoms. The monoisotopic (exact) mass is 311 g/mol. The first kappa shape index (κ1) is 15.6. The second-order valence-corrected chi connectivity index (χ2v) is 6.03. The molecule has 23 heavy (non-hydrogen) atoms. The molecule has 1 fully saturated rings. The van der Waals surface area contributed by atoms with Crippen LogP contribution in [-0.2, 0) is 0 Å². The van der Waals surface area contributed by atoms with Crippen LogP contribution in [-0.4, -0.2) is 23.2 Å². The van der Waals surface area contributed by atoms with Gasteiger partial charge in [0, 0.05) is 6.54 Å². The van der Waals surface area contributed by atoms with Crippen LogP contribution in [0.1, 0.15) is 36.0 Å². The van der Waals surface area contributed by atoms with Gasteiger partial charge in [0.05, 0.1) is 11.2 Å². The highest BCUT2D eigenvalue weighted by molar-refractivity contribution is 5.97. The average Bonchev–Trinajstić information content (AvgIpc) is 3.01. The first-order valence-electron chi connectivity index (χ1n) is 7.99. The normalized spacial score (nSPS) is 16.0. The average molecular weight is 311 g/mol. The zero-order valence-corrected chi connectivity index (χ0v) is 13.0. The molecule has 4 heteroatoms. The zero-order valence-electron chi connectivity index (χ0n) is 13.0. The van der Waals surface area contributed by atoms with Gasteiger partial charge in [0.1, 0.15) is 11.5 Å². The first-order valence-corrected chi connectivity index (χ1v) is 7.99. The van der Waals surface area contributed by atoms with Gasteiger partial charge in [-0.15, -0.1) is 0 Å². The third-order valence-electron chi connectivity index (χ3n) is 4.21. The predicted octanol–water partition coefficient (Wildman–Crippen LogP) is 3.51. The summed E-state index contributed by atoms with van der Waals surface area (Å²) in [6, 6.07) is 16.5. The van der Waals surface area contributed by atoms with E-state index in [-0.39, 0.29) is 12.5 Å². The molecular weight excluding hydrogens is 290 g/mol. The van der Waals surface area contributed by atoms with Gasteiger partial charge in [-0.1, -0.05) is 43.2 Å². The maximum Gasteiger partial charge on any atom is 0.255 e. The molecule has 0 heterocycles. The van der Waals surface area contributed by atoms with Crippen LogP contribution in [0.25, 0.3) is 0 Å². The van der Waals surface area contributed by atoms with Crippen molar-refractivity contribution in [1.29, 1.82) is 0 Å². The van der Waals surface area contributed by atoms with E-state index < -0.39 is 5.60 Å². The number of rotatable bonds is 5. The molecule has 4 nitrogen and oxygen atoms in total. The van der Waals surface area contributed by atoms with Gasteiger partial charge < -0.3 is 15.2 Å². The molecule has 2 N–H and O–H groups in total. The molecule has 120 valence electrons. The number of para-hydroxylation sites is 2. The molecule has 1 aliphatic carbocycles. The lowest BCUT2D eigenvalue weighted by atomic mass is 10.0. The van der Waals surface area contributed by atoms with Gasteiger partial charge in [-0.05, 0) is 37.1 Å². The molecular formula is C19H21NO3. The molecule has 0 unspecified atom stereocenters. The summed E-state index contributed by atoms with van der Waals surface area (Å²) < 4.78 is 5.80. The minimum Gasteiger partial charge on any atom is -0.457 e. The van der Waals surface area contributed by atoms with Crippen LogP contribution < -0.4 is 10.1 Å². The second kappa shape index (κ2) is 6.84. The quantitative estimate of drug-likeness (QED) is 0.888. The maximum absolute atomic E-state index is 12.5. The van der Waals surface area contributed by atoms with Gasteiger partial charge in [0.25, 0.3) is 5.91 Å². The van der Waals surface area contributed by atoms with Crippen LogP contribution in [0.2, 0.25) is 0 Å². The summed E-state index contributed by atoms with van der Waals surface area (Å²) in [5, 5.41) is 13.2. The smallest absolute Gasteiger partial charge is 0.255 e. The number of benzene rings is 2. The van der Waals surface area contributed by atoms with Crippen molar-refractivity contribution in [2.45, 2.75) is 31.3 Å². The van der Waals surface area contributed by atoms with E-state index >= 15 is 0 Å². The molecule has 0 saturated heterocycles. The summed E-state index contributed by atoms with van der Waals surface area (Å²) in [5.74, 6) is 0.966. The Balaban J connectivity index is 1.70. The van der Waals surface area contributed by atoms with Crippen molar-refractivity contribution in [3.63, 3.8) is 0 Å². The summed E-state index contributed by atoms with van der Waals surface area (Å²) in [6.45, 7) is 0.283. The van der Waals surface area contributed by atoms with Crippen molar-refractivity contribution < 1.29 is 14.6 Å². The van der Waals surface area contributed by atoms with Crippen LogP contribution in [0.3, 0.4) is 0 Å².